The maximum Gasteiger partial charge on any atom is 0.222 e. The Morgan fingerprint density at radius 1 is 1.12 bits per heavy atom. The van der Waals surface area contributed by atoms with Gasteiger partial charge in [-0.25, -0.2) is 0 Å². The molecule has 3 rings (SSSR count). The van der Waals surface area contributed by atoms with E-state index in [0.717, 1.165) is 58.0 Å². The molecule has 1 aromatic carbocycles. The highest BCUT2D eigenvalue weighted by molar-refractivity contribution is 5.76. The number of carbonyl (C=O) groups excluding carboxylic acids is 1. The number of aromatic hydroxyl groups is 1. The maximum absolute atomic E-state index is 12.6. The normalized spacial score (nSPS) is 22.6. The Morgan fingerprint density at radius 2 is 1.88 bits per heavy atom. The Labute approximate surface area is 149 Å². The molecule has 0 bridgehead atoms. The minimum absolute atomic E-state index is 0.0817. The topological polar surface area (TPSA) is 62.2 Å². The number of carbonyl (C=O) groups is 1. The quantitative estimate of drug-likeness (QED) is 0.868. The van der Waals surface area contributed by atoms with Gasteiger partial charge in [0.25, 0.3) is 0 Å². The Kier molecular flexibility index (Phi) is 6.67. The van der Waals surface area contributed by atoms with Crippen LogP contribution in [0.2, 0.25) is 0 Å². The average Bonchev–Trinajstić information content (AvgIpc) is 2.87. The van der Waals surface area contributed by atoms with E-state index in [9.17, 15) is 9.90 Å². The molecular formula is C19H28N2O4. The largest absolute Gasteiger partial charge is 0.508 e. The van der Waals surface area contributed by atoms with Crippen molar-refractivity contribution in [2.24, 2.45) is 0 Å². The van der Waals surface area contributed by atoms with E-state index >= 15 is 0 Å². The number of hydrogen-bond donors (Lipinski definition) is 1. The first-order valence-corrected chi connectivity index (χ1v) is 9.18. The van der Waals surface area contributed by atoms with Crippen molar-refractivity contribution in [1.29, 1.82) is 0 Å². The summed E-state index contributed by atoms with van der Waals surface area (Å²) in [6.45, 7) is 6.47. The first-order chi connectivity index (χ1) is 12.2. The minimum Gasteiger partial charge on any atom is -0.508 e. The number of phenols is 1. The Hall–Kier alpha value is -1.63. The molecule has 6 nitrogen and oxygen atoms in total. The van der Waals surface area contributed by atoms with Crippen LogP contribution in [0, 0.1) is 0 Å². The summed E-state index contributed by atoms with van der Waals surface area (Å²) < 4.78 is 11.3. The van der Waals surface area contributed by atoms with E-state index in [1.54, 1.807) is 12.1 Å². The van der Waals surface area contributed by atoms with Crippen LogP contribution in [0.25, 0.3) is 0 Å². The molecular weight excluding hydrogens is 320 g/mol. The molecule has 1 amide bonds. The third kappa shape index (κ3) is 5.70. The monoisotopic (exact) mass is 348 g/mol. The Bertz CT molecular complexity index is 543. The number of phenolic OH excluding ortho intramolecular Hbond substituents is 1. The zero-order valence-corrected chi connectivity index (χ0v) is 14.7. The summed E-state index contributed by atoms with van der Waals surface area (Å²) in [5.74, 6) is 0.441. The maximum atomic E-state index is 12.6. The molecule has 0 spiro atoms. The molecule has 2 aliphatic rings. The molecule has 2 fully saturated rings. The molecule has 25 heavy (non-hydrogen) atoms. The van der Waals surface area contributed by atoms with E-state index in [1.165, 1.54) is 0 Å². The van der Waals surface area contributed by atoms with Gasteiger partial charge in [0.05, 0.1) is 19.3 Å². The van der Waals surface area contributed by atoms with Crippen molar-refractivity contribution in [1.82, 2.24) is 9.80 Å². The lowest BCUT2D eigenvalue weighted by Crippen LogP contribution is -2.45. The first kappa shape index (κ1) is 18.2. The third-order valence-corrected chi connectivity index (χ3v) is 4.83. The van der Waals surface area contributed by atoms with Gasteiger partial charge in [-0.2, -0.15) is 0 Å². The Morgan fingerprint density at radius 3 is 2.64 bits per heavy atom. The molecule has 1 aromatic rings. The number of nitrogens with zero attached hydrogens (tertiary/aromatic N) is 2. The molecule has 1 atom stereocenters. The number of benzene rings is 1. The molecule has 0 unspecified atom stereocenters. The van der Waals surface area contributed by atoms with Crippen LogP contribution in [0.1, 0.15) is 18.4 Å². The lowest BCUT2D eigenvalue weighted by Gasteiger charge is -2.31. The molecule has 2 saturated heterocycles. The fourth-order valence-corrected chi connectivity index (χ4v) is 3.38. The van der Waals surface area contributed by atoms with Crippen molar-refractivity contribution >= 4 is 5.91 Å². The van der Waals surface area contributed by atoms with Crippen molar-refractivity contribution in [2.75, 3.05) is 52.5 Å². The van der Waals surface area contributed by atoms with Crippen molar-refractivity contribution in [2.45, 2.75) is 25.4 Å². The third-order valence-electron chi connectivity index (χ3n) is 4.83. The number of rotatable bonds is 5. The van der Waals surface area contributed by atoms with Crippen LogP contribution in [0.5, 0.6) is 5.75 Å². The van der Waals surface area contributed by atoms with Gasteiger partial charge < -0.3 is 19.5 Å². The summed E-state index contributed by atoms with van der Waals surface area (Å²) >= 11 is 0. The van der Waals surface area contributed by atoms with Gasteiger partial charge in [0.15, 0.2) is 0 Å². The van der Waals surface area contributed by atoms with Crippen molar-refractivity contribution < 1.29 is 19.4 Å². The Balaban J connectivity index is 1.49. The molecule has 2 heterocycles. The lowest BCUT2D eigenvalue weighted by molar-refractivity contribution is -0.132. The van der Waals surface area contributed by atoms with Crippen LogP contribution in [0.3, 0.4) is 0 Å². The van der Waals surface area contributed by atoms with E-state index < -0.39 is 0 Å². The number of aryl methyl sites for hydroxylation is 1. The van der Waals surface area contributed by atoms with Crippen LogP contribution in [-0.4, -0.2) is 79.5 Å². The van der Waals surface area contributed by atoms with Gasteiger partial charge in [-0.05, 0) is 30.5 Å². The SMILES string of the molecule is O=C(CCc1ccc(O)cc1)N1CCCO[C@H](CN2CCOCC2)C1. The van der Waals surface area contributed by atoms with Gasteiger partial charge in [-0.3, -0.25) is 9.69 Å². The van der Waals surface area contributed by atoms with Gasteiger partial charge in [0.2, 0.25) is 5.91 Å². The van der Waals surface area contributed by atoms with Crippen LogP contribution >= 0.6 is 0 Å². The van der Waals surface area contributed by atoms with Crippen molar-refractivity contribution in [3.8, 4) is 5.75 Å². The lowest BCUT2D eigenvalue weighted by atomic mass is 10.1. The van der Waals surface area contributed by atoms with Gasteiger partial charge in [0.1, 0.15) is 5.75 Å². The van der Waals surface area contributed by atoms with Crippen LogP contribution in [0.15, 0.2) is 24.3 Å². The summed E-state index contributed by atoms with van der Waals surface area (Å²) in [4.78, 5) is 16.9. The molecule has 0 aromatic heterocycles. The zero-order chi connectivity index (χ0) is 17.5. The molecule has 1 N–H and O–H groups in total. The highest BCUT2D eigenvalue weighted by Crippen LogP contribution is 2.14. The van der Waals surface area contributed by atoms with Crippen molar-refractivity contribution in [3.63, 3.8) is 0 Å². The van der Waals surface area contributed by atoms with E-state index in [4.69, 9.17) is 9.47 Å². The van der Waals surface area contributed by atoms with E-state index in [-0.39, 0.29) is 17.8 Å². The van der Waals surface area contributed by atoms with E-state index in [2.05, 4.69) is 4.90 Å². The smallest absolute Gasteiger partial charge is 0.222 e. The predicted octanol–water partition coefficient (Wildman–Crippen LogP) is 1.27. The second kappa shape index (κ2) is 9.17. The average molecular weight is 348 g/mol. The van der Waals surface area contributed by atoms with Crippen LogP contribution in [-0.2, 0) is 20.7 Å². The number of morpholine rings is 1. The second-order valence-corrected chi connectivity index (χ2v) is 6.77. The van der Waals surface area contributed by atoms with E-state index in [1.807, 2.05) is 17.0 Å². The minimum atomic E-state index is 0.0817. The number of amides is 1. The standard InChI is InChI=1S/C19H28N2O4/c22-17-5-2-16(3-6-17)4-7-19(23)21-8-1-11-25-18(15-21)14-20-9-12-24-13-10-20/h2-3,5-6,18,22H,1,4,7-15H2/t18-/m1/s1. The zero-order valence-electron chi connectivity index (χ0n) is 14.7. The molecule has 2 aliphatic heterocycles. The van der Waals surface area contributed by atoms with Gasteiger partial charge >= 0.3 is 0 Å². The summed E-state index contributed by atoms with van der Waals surface area (Å²) in [5, 5.41) is 9.33. The molecule has 138 valence electrons. The van der Waals surface area contributed by atoms with Gasteiger partial charge in [-0.15, -0.1) is 0 Å². The summed E-state index contributed by atoms with van der Waals surface area (Å²) in [7, 11) is 0. The molecule has 0 radical (unpaired) electrons. The predicted molar refractivity (Wildman–Crippen MR) is 94.6 cm³/mol. The number of hydrogen-bond acceptors (Lipinski definition) is 5. The second-order valence-electron chi connectivity index (χ2n) is 6.77. The fraction of sp³-hybridized carbons (Fsp3) is 0.632. The molecule has 6 heteroatoms. The summed E-state index contributed by atoms with van der Waals surface area (Å²) in [6, 6.07) is 7.07. The number of ether oxygens (including phenoxy) is 2. The summed E-state index contributed by atoms with van der Waals surface area (Å²) in [5.41, 5.74) is 1.07. The highest BCUT2D eigenvalue weighted by Gasteiger charge is 2.24. The first-order valence-electron chi connectivity index (χ1n) is 9.18. The highest BCUT2D eigenvalue weighted by atomic mass is 16.5. The summed E-state index contributed by atoms with van der Waals surface area (Å²) in [6.07, 6.45) is 2.17. The van der Waals surface area contributed by atoms with E-state index in [0.29, 0.717) is 19.4 Å². The van der Waals surface area contributed by atoms with Crippen molar-refractivity contribution in [3.05, 3.63) is 29.8 Å². The van der Waals surface area contributed by atoms with Gasteiger partial charge in [0, 0.05) is 45.8 Å². The fourth-order valence-electron chi connectivity index (χ4n) is 3.38. The van der Waals surface area contributed by atoms with Gasteiger partial charge in [-0.1, -0.05) is 12.1 Å². The van der Waals surface area contributed by atoms with Crippen LogP contribution in [0.4, 0.5) is 0 Å². The van der Waals surface area contributed by atoms with Crippen LogP contribution < -0.4 is 0 Å². The molecule has 0 saturated carbocycles. The molecule has 0 aliphatic carbocycles.